The van der Waals surface area contributed by atoms with Crippen molar-refractivity contribution in [2.45, 2.75) is 6.92 Å². The highest BCUT2D eigenvalue weighted by molar-refractivity contribution is 6.07. The van der Waals surface area contributed by atoms with Gasteiger partial charge in [0.1, 0.15) is 0 Å². The van der Waals surface area contributed by atoms with E-state index in [0.29, 0.717) is 0 Å². The lowest BCUT2D eigenvalue weighted by Gasteiger charge is -2.11. The van der Waals surface area contributed by atoms with Crippen LogP contribution in [0.4, 0.5) is 0 Å². The summed E-state index contributed by atoms with van der Waals surface area (Å²) in [6.07, 6.45) is 3.32. The predicted octanol–water partition coefficient (Wildman–Crippen LogP) is 0.0740. The zero-order chi connectivity index (χ0) is 8.43. The molecule has 0 aromatic heterocycles. The lowest BCUT2D eigenvalue weighted by atomic mass is 10.0. The first kappa shape index (κ1) is 7.60. The van der Waals surface area contributed by atoms with Crippen molar-refractivity contribution in [3.63, 3.8) is 0 Å². The Kier molecular flexibility index (Phi) is 1.81. The summed E-state index contributed by atoms with van der Waals surface area (Å²) < 4.78 is 0. The van der Waals surface area contributed by atoms with Crippen molar-refractivity contribution in [3.05, 3.63) is 35.3 Å². The van der Waals surface area contributed by atoms with Crippen LogP contribution in [0.5, 0.6) is 0 Å². The minimum atomic E-state index is -0.392. The zero-order valence-electron chi connectivity index (χ0n) is 5.96. The summed E-state index contributed by atoms with van der Waals surface area (Å²) in [5, 5.41) is 21.3. The van der Waals surface area contributed by atoms with E-state index in [1.54, 1.807) is 0 Å². The van der Waals surface area contributed by atoms with E-state index in [2.05, 4.69) is 0 Å². The molecule has 0 atom stereocenters. The minimum Gasteiger partial charge on any atom is -0.872 e. The highest BCUT2D eigenvalue weighted by Crippen LogP contribution is 2.12. The lowest BCUT2D eigenvalue weighted by molar-refractivity contribution is -0.295. The number of hydrogen-bond donors (Lipinski definition) is 0. The molecule has 0 bridgehead atoms. The third-order valence-electron chi connectivity index (χ3n) is 1.33. The molecule has 3 nitrogen and oxygen atoms in total. The van der Waals surface area contributed by atoms with Gasteiger partial charge in [0.25, 0.3) is 0 Å². The molecule has 1 radical (unpaired) electrons. The Balaban J connectivity index is 3.10. The van der Waals surface area contributed by atoms with Crippen molar-refractivity contribution in [1.29, 1.82) is 0 Å². The fraction of sp³-hybridized carbons (Fsp3) is 0.125. The third-order valence-corrected chi connectivity index (χ3v) is 1.33. The number of hydrogen-bond acceptors (Lipinski definition) is 2. The molecule has 1 aliphatic carbocycles. The second-order valence-electron chi connectivity index (χ2n) is 2.21. The maximum absolute atomic E-state index is 10.9. The Morgan fingerprint density at radius 2 is 2.09 bits per heavy atom. The Morgan fingerprint density at radius 1 is 1.45 bits per heavy atom. The molecule has 0 amide bonds. The van der Waals surface area contributed by atoms with Crippen LogP contribution in [-0.2, 0) is 9.90 Å². The Hall–Kier alpha value is -1.51. The van der Waals surface area contributed by atoms with Crippen LogP contribution in [-0.4, -0.2) is 5.78 Å². The average molecular weight is 150 g/mol. The van der Waals surface area contributed by atoms with Crippen LogP contribution in [0.2, 0.25) is 0 Å². The molecule has 0 saturated carbocycles. The molecule has 0 aromatic rings. The number of rotatable bonds is 0. The monoisotopic (exact) mass is 150 g/mol. The first-order chi connectivity index (χ1) is 5.11. The molecule has 1 aliphatic rings. The second kappa shape index (κ2) is 2.62. The molecule has 0 aromatic carbocycles. The highest BCUT2D eigenvalue weighted by atomic mass is 16.3. The normalized spacial score (nSPS) is 21.5. The molecule has 0 N–H and O–H groups in total. The van der Waals surface area contributed by atoms with E-state index < -0.39 is 5.78 Å². The highest BCUT2D eigenvalue weighted by Gasteiger charge is 2.10. The van der Waals surface area contributed by atoms with Crippen LogP contribution < -0.4 is 5.11 Å². The van der Waals surface area contributed by atoms with Gasteiger partial charge in [-0.25, -0.2) is 0 Å². The topological polar surface area (TPSA) is 60.0 Å². The van der Waals surface area contributed by atoms with E-state index in [-0.39, 0.29) is 17.1 Å². The van der Waals surface area contributed by atoms with Gasteiger partial charge in [0.2, 0.25) is 0 Å². The van der Waals surface area contributed by atoms with Crippen molar-refractivity contribution in [1.82, 2.24) is 0 Å². The van der Waals surface area contributed by atoms with Gasteiger partial charge >= 0.3 is 0 Å². The zero-order valence-corrected chi connectivity index (χ0v) is 5.96. The summed E-state index contributed by atoms with van der Waals surface area (Å²) in [5.74, 6) is -1.07. The van der Waals surface area contributed by atoms with Crippen molar-refractivity contribution in [2.75, 3.05) is 0 Å². The van der Waals surface area contributed by atoms with Crippen LogP contribution in [0.3, 0.4) is 0 Å². The molecule has 0 fully saturated rings. The van der Waals surface area contributed by atoms with Crippen LogP contribution in [0, 0.1) is 0 Å². The average Bonchev–Trinajstić information content (AvgIpc) is 1.94. The third kappa shape index (κ3) is 1.49. The molecule has 3 heteroatoms. The number of carbonyl (C=O) groups excluding carboxylic acids is 1. The van der Waals surface area contributed by atoms with E-state index in [0.717, 1.165) is 18.2 Å². The fourth-order valence-corrected chi connectivity index (χ4v) is 0.784. The van der Waals surface area contributed by atoms with Gasteiger partial charge in [-0.1, -0.05) is 12.2 Å². The molecule has 0 unspecified atom stereocenters. The molecule has 0 spiro atoms. The van der Waals surface area contributed by atoms with Crippen molar-refractivity contribution >= 4 is 5.78 Å². The Morgan fingerprint density at radius 3 is 2.55 bits per heavy atom. The molecule has 0 saturated heterocycles. The summed E-state index contributed by atoms with van der Waals surface area (Å²) in [4.78, 5) is 10.9. The molecular formula is C8H6O3-. The van der Waals surface area contributed by atoms with Gasteiger partial charge in [-0.15, -0.1) is 5.76 Å². The van der Waals surface area contributed by atoms with E-state index in [9.17, 15) is 15.0 Å². The first-order valence-electron chi connectivity index (χ1n) is 3.10. The van der Waals surface area contributed by atoms with E-state index in [1.165, 1.54) is 6.92 Å². The van der Waals surface area contributed by atoms with Gasteiger partial charge in [-0.2, -0.15) is 0 Å². The summed E-state index contributed by atoms with van der Waals surface area (Å²) in [6, 6.07) is 0. The number of allylic oxidation sites excluding steroid dienone is 5. The van der Waals surface area contributed by atoms with Crippen LogP contribution in [0.25, 0.3) is 0 Å². The van der Waals surface area contributed by atoms with Gasteiger partial charge in [0, 0.05) is 0 Å². The molecule has 0 aliphatic heterocycles. The summed E-state index contributed by atoms with van der Waals surface area (Å²) in [5.41, 5.74) is -0.0301. The molecule has 57 valence electrons. The largest absolute Gasteiger partial charge is 0.872 e. The number of carbonyl (C=O) groups is 1. The van der Waals surface area contributed by atoms with Gasteiger partial charge in [0.15, 0.2) is 11.5 Å². The summed E-state index contributed by atoms with van der Waals surface area (Å²) in [7, 11) is 0. The van der Waals surface area contributed by atoms with Crippen LogP contribution >= 0.6 is 0 Å². The number of ketones is 1. The van der Waals surface area contributed by atoms with Crippen LogP contribution in [0.15, 0.2) is 35.3 Å². The van der Waals surface area contributed by atoms with Crippen molar-refractivity contribution < 1.29 is 15.0 Å². The quantitative estimate of drug-likeness (QED) is 0.362. The smallest absolute Gasteiger partial charge is 0.189 e. The van der Waals surface area contributed by atoms with Crippen molar-refractivity contribution in [3.8, 4) is 0 Å². The Labute approximate surface area is 64.0 Å². The molecule has 1 rings (SSSR count). The maximum atomic E-state index is 10.9. The van der Waals surface area contributed by atoms with Crippen molar-refractivity contribution in [2.24, 2.45) is 0 Å². The summed E-state index contributed by atoms with van der Waals surface area (Å²) >= 11 is 0. The van der Waals surface area contributed by atoms with Gasteiger partial charge in [0.05, 0.1) is 5.57 Å². The summed E-state index contributed by atoms with van der Waals surface area (Å²) in [6.45, 7) is 1.26. The van der Waals surface area contributed by atoms with E-state index in [4.69, 9.17) is 0 Å². The van der Waals surface area contributed by atoms with Gasteiger partial charge < -0.3 is 5.11 Å². The minimum absolute atomic E-state index is 0.0301. The predicted molar refractivity (Wildman–Crippen MR) is 35.6 cm³/mol. The van der Waals surface area contributed by atoms with Crippen LogP contribution in [0.1, 0.15) is 6.92 Å². The molecule has 0 heterocycles. The van der Waals surface area contributed by atoms with Gasteiger partial charge in [-0.05, 0) is 13.0 Å². The lowest BCUT2D eigenvalue weighted by Crippen LogP contribution is -2.10. The SMILES string of the molecule is CC([O])=C1C=C([O-])C=CC1=O. The van der Waals surface area contributed by atoms with E-state index in [1.807, 2.05) is 0 Å². The second-order valence-corrected chi connectivity index (χ2v) is 2.21. The fourth-order valence-electron chi connectivity index (χ4n) is 0.784. The first-order valence-corrected chi connectivity index (χ1v) is 3.10. The van der Waals surface area contributed by atoms with Gasteiger partial charge in [-0.3, -0.25) is 9.90 Å². The standard InChI is InChI=1S/C8H7O3/c1-5(9)7-4-6(10)2-3-8(7)11/h2-4,10H,1H3/p-1. The Bertz CT molecular complexity index is 278. The maximum Gasteiger partial charge on any atom is 0.189 e. The molecular weight excluding hydrogens is 144 g/mol. The molecule has 11 heavy (non-hydrogen) atoms. The van der Waals surface area contributed by atoms with E-state index >= 15 is 0 Å².